The summed E-state index contributed by atoms with van der Waals surface area (Å²) in [5, 5.41) is 6.09. The molecule has 1 saturated carbocycles. The van der Waals surface area contributed by atoms with Crippen molar-refractivity contribution < 1.29 is 9.53 Å². The van der Waals surface area contributed by atoms with E-state index in [0.717, 1.165) is 42.3 Å². The van der Waals surface area contributed by atoms with Crippen LogP contribution in [0.15, 0.2) is 54.0 Å². The molecule has 5 heteroatoms. The Labute approximate surface area is 168 Å². The first-order chi connectivity index (χ1) is 13.8. The third-order valence-corrected chi connectivity index (χ3v) is 6.32. The predicted molar refractivity (Wildman–Crippen MR) is 112 cm³/mol. The molecule has 1 fully saturated rings. The van der Waals surface area contributed by atoms with E-state index in [1.54, 1.807) is 17.5 Å². The molecule has 4 nitrogen and oxygen atoms in total. The van der Waals surface area contributed by atoms with E-state index in [1.807, 2.05) is 41.8 Å². The number of thiophene rings is 1. The summed E-state index contributed by atoms with van der Waals surface area (Å²) in [4.78, 5) is 18.4. The number of nitrogens with zero attached hydrogens (tertiary/aromatic N) is 1. The summed E-state index contributed by atoms with van der Waals surface area (Å²) < 4.78 is 5.76. The average molecular weight is 391 g/mol. The summed E-state index contributed by atoms with van der Waals surface area (Å²) in [6, 6.07) is 13.8. The lowest BCUT2D eigenvalue weighted by Gasteiger charge is -2.26. The van der Waals surface area contributed by atoms with Crippen molar-refractivity contribution in [3.8, 4) is 17.6 Å². The minimum atomic E-state index is -0.360. The van der Waals surface area contributed by atoms with Crippen LogP contribution >= 0.6 is 11.3 Å². The standard InChI is InChI=1S/C23H22N2O2S/c26-22(23(12-1-2-13-23)20-11-7-17-28-20)25-14-3-4-16-27-19-10-5-8-18-9-6-15-24-21(18)19/h5-11,15,17H,1-2,12-14,16H2,(H,25,26). The second-order valence-electron chi connectivity index (χ2n) is 6.92. The van der Waals surface area contributed by atoms with Gasteiger partial charge in [-0.15, -0.1) is 11.3 Å². The topological polar surface area (TPSA) is 51.2 Å². The molecule has 0 spiro atoms. The van der Waals surface area contributed by atoms with Crippen molar-refractivity contribution in [1.29, 1.82) is 0 Å². The molecule has 0 radical (unpaired) electrons. The van der Waals surface area contributed by atoms with Gasteiger partial charge >= 0.3 is 0 Å². The highest BCUT2D eigenvalue weighted by atomic mass is 32.1. The molecule has 142 valence electrons. The number of fused-ring (bicyclic) bond motifs is 1. The van der Waals surface area contributed by atoms with Crippen molar-refractivity contribution in [1.82, 2.24) is 10.3 Å². The van der Waals surface area contributed by atoms with Crippen LogP contribution in [0.25, 0.3) is 10.9 Å². The first-order valence-corrected chi connectivity index (χ1v) is 10.4. The number of nitrogens with one attached hydrogen (secondary N) is 1. The number of para-hydroxylation sites is 1. The van der Waals surface area contributed by atoms with Gasteiger partial charge in [-0.25, -0.2) is 0 Å². The Kier molecular flexibility index (Phi) is 5.59. The van der Waals surface area contributed by atoms with Crippen LogP contribution in [0.3, 0.4) is 0 Å². The minimum Gasteiger partial charge on any atom is -0.479 e. The van der Waals surface area contributed by atoms with Crippen molar-refractivity contribution in [2.24, 2.45) is 0 Å². The van der Waals surface area contributed by atoms with Crippen LogP contribution in [-0.4, -0.2) is 24.0 Å². The Balaban J connectivity index is 1.32. The number of hydrogen-bond donors (Lipinski definition) is 1. The molecular weight excluding hydrogens is 368 g/mol. The average Bonchev–Trinajstić information content (AvgIpc) is 3.43. The molecule has 2 heterocycles. The van der Waals surface area contributed by atoms with Crippen molar-refractivity contribution in [3.63, 3.8) is 0 Å². The summed E-state index contributed by atoms with van der Waals surface area (Å²) in [5.41, 5.74) is 0.472. The zero-order valence-corrected chi connectivity index (χ0v) is 16.4. The number of carbonyl (C=O) groups is 1. The van der Waals surface area contributed by atoms with E-state index >= 15 is 0 Å². The maximum atomic E-state index is 12.9. The van der Waals surface area contributed by atoms with Crippen LogP contribution in [0.4, 0.5) is 0 Å². The van der Waals surface area contributed by atoms with E-state index in [0.29, 0.717) is 6.54 Å². The van der Waals surface area contributed by atoms with Crippen molar-refractivity contribution in [2.45, 2.75) is 31.1 Å². The van der Waals surface area contributed by atoms with Gasteiger partial charge in [0.25, 0.3) is 0 Å². The highest BCUT2D eigenvalue weighted by molar-refractivity contribution is 7.10. The monoisotopic (exact) mass is 390 g/mol. The number of carbonyl (C=O) groups excluding carboxylic acids is 1. The largest absolute Gasteiger partial charge is 0.479 e. The van der Waals surface area contributed by atoms with Gasteiger partial charge < -0.3 is 10.1 Å². The fraction of sp³-hybridized carbons (Fsp3) is 0.304. The van der Waals surface area contributed by atoms with Crippen LogP contribution in [0.1, 0.15) is 30.6 Å². The zero-order chi connectivity index (χ0) is 19.2. The molecular formula is C23H22N2O2S. The second-order valence-corrected chi connectivity index (χ2v) is 7.87. The Bertz CT molecular complexity index is 1010. The maximum absolute atomic E-state index is 12.9. The molecule has 3 aromatic rings. The number of rotatable bonds is 5. The smallest absolute Gasteiger partial charge is 0.232 e. The summed E-state index contributed by atoms with van der Waals surface area (Å²) in [5.74, 6) is 6.80. The molecule has 2 aromatic heterocycles. The summed E-state index contributed by atoms with van der Waals surface area (Å²) in [6.45, 7) is 0.602. The molecule has 0 saturated heterocycles. The number of ether oxygens (including phenoxy) is 1. The molecule has 4 rings (SSSR count). The van der Waals surface area contributed by atoms with Crippen molar-refractivity contribution in [2.75, 3.05) is 13.2 Å². The van der Waals surface area contributed by atoms with E-state index in [2.05, 4.69) is 28.2 Å². The molecule has 1 aromatic carbocycles. The molecule has 0 aliphatic heterocycles. The lowest BCUT2D eigenvalue weighted by molar-refractivity contribution is -0.126. The first-order valence-electron chi connectivity index (χ1n) is 9.54. The highest BCUT2D eigenvalue weighted by Crippen LogP contribution is 2.43. The number of hydrogen-bond acceptors (Lipinski definition) is 4. The third-order valence-electron chi connectivity index (χ3n) is 5.24. The second kappa shape index (κ2) is 8.45. The predicted octanol–water partition coefficient (Wildman–Crippen LogP) is 4.31. The van der Waals surface area contributed by atoms with Crippen LogP contribution in [0.2, 0.25) is 0 Å². The molecule has 1 aliphatic rings. The molecule has 28 heavy (non-hydrogen) atoms. The molecule has 1 N–H and O–H groups in total. The van der Waals surface area contributed by atoms with Gasteiger partial charge in [0.05, 0.1) is 12.0 Å². The van der Waals surface area contributed by atoms with E-state index in [-0.39, 0.29) is 17.9 Å². The van der Waals surface area contributed by atoms with Crippen LogP contribution in [-0.2, 0) is 10.2 Å². The number of aromatic nitrogens is 1. The minimum absolute atomic E-state index is 0.0981. The molecule has 0 atom stereocenters. The quantitative estimate of drug-likeness (QED) is 0.661. The van der Waals surface area contributed by atoms with Gasteiger partial charge in [0.1, 0.15) is 17.9 Å². The van der Waals surface area contributed by atoms with Crippen LogP contribution in [0, 0.1) is 11.8 Å². The normalized spacial score (nSPS) is 15.0. The molecule has 0 bridgehead atoms. The fourth-order valence-corrected chi connectivity index (χ4v) is 4.81. The maximum Gasteiger partial charge on any atom is 0.232 e. The zero-order valence-electron chi connectivity index (χ0n) is 15.6. The van der Waals surface area contributed by atoms with Crippen molar-refractivity contribution in [3.05, 3.63) is 58.9 Å². The Morgan fingerprint density at radius 3 is 2.82 bits per heavy atom. The van der Waals surface area contributed by atoms with E-state index in [1.165, 1.54) is 4.88 Å². The Morgan fingerprint density at radius 2 is 2.00 bits per heavy atom. The lowest BCUT2D eigenvalue weighted by Crippen LogP contribution is -2.42. The molecule has 0 unspecified atom stereocenters. The van der Waals surface area contributed by atoms with Gasteiger partial charge in [-0.2, -0.15) is 0 Å². The molecule has 1 aliphatic carbocycles. The Hall–Kier alpha value is -2.84. The van der Waals surface area contributed by atoms with Gasteiger partial charge in [0, 0.05) is 16.5 Å². The van der Waals surface area contributed by atoms with E-state index in [9.17, 15) is 4.79 Å². The number of benzene rings is 1. The van der Waals surface area contributed by atoms with E-state index in [4.69, 9.17) is 4.74 Å². The third kappa shape index (κ3) is 3.74. The first kappa shape index (κ1) is 18.5. The van der Waals surface area contributed by atoms with Gasteiger partial charge in [0.2, 0.25) is 5.91 Å². The highest BCUT2D eigenvalue weighted by Gasteiger charge is 2.43. The Morgan fingerprint density at radius 1 is 1.14 bits per heavy atom. The van der Waals surface area contributed by atoms with Crippen LogP contribution in [0.5, 0.6) is 5.75 Å². The number of pyridine rings is 1. The van der Waals surface area contributed by atoms with Crippen molar-refractivity contribution >= 4 is 28.1 Å². The van der Waals surface area contributed by atoms with Gasteiger partial charge in [-0.3, -0.25) is 9.78 Å². The van der Waals surface area contributed by atoms with Crippen LogP contribution < -0.4 is 10.1 Å². The SMILES string of the molecule is O=C(NCC#CCOc1cccc2cccnc12)C1(c2cccs2)CCCC1. The van der Waals surface area contributed by atoms with Gasteiger partial charge in [0.15, 0.2) is 0 Å². The fourth-order valence-electron chi connectivity index (χ4n) is 3.83. The van der Waals surface area contributed by atoms with E-state index < -0.39 is 0 Å². The van der Waals surface area contributed by atoms with Gasteiger partial charge in [-0.05, 0) is 36.4 Å². The summed E-state index contributed by atoms with van der Waals surface area (Å²) >= 11 is 1.67. The van der Waals surface area contributed by atoms with Gasteiger partial charge in [-0.1, -0.05) is 48.9 Å². The molecule has 1 amide bonds. The summed E-state index contributed by atoms with van der Waals surface area (Å²) in [6.07, 6.45) is 5.80. The number of amides is 1. The lowest BCUT2D eigenvalue weighted by atomic mass is 9.83. The summed E-state index contributed by atoms with van der Waals surface area (Å²) in [7, 11) is 0.